The third kappa shape index (κ3) is 3.92. The molecule has 5 heteroatoms. The summed E-state index contributed by atoms with van der Waals surface area (Å²) in [4.78, 5) is 21.8. The first-order chi connectivity index (χ1) is 8.04. The maximum Gasteiger partial charge on any atom is 0.339 e. The van der Waals surface area contributed by atoms with Gasteiger partial charge in [-0.3, -0.25) is 4.79 Å². The first-order valence-electron chi connectivity index (χ1n) is 4.87. The van der Waals surface area contributed by atoms with Crippen LogP contribution in [0.5, 0.6) is 0 Å². The summed E-state index contributed by atoms with van der Waals surface area (Å²) in [6.45, 7) is 0. The van der Waals surface area contributed by atoms with Crippen LogP contribution in [0.25, 0.3) is 6.08 Å². The fraction of sp³-hybridized carbons (Fsp3) is 0.167. The van der Waals surface area contributed by atoms with Crippen LogP contribution >= 0.6 is 11.6 Å². The van der Waals surface area contributed by atoms with Crippen molar-refractivity contribution in [1.29, 1.82) is 0 Å². The van der Waals surface area contributed by atoms with Crippen LogP contribution in [0.15, 0.2) is 24.3 Å². The molecule has 4 nitrogen and oxygen atoms in total. The monoisotopic (exact) mass is 253 g/mol. The van der Waals surface area contributed by atoms with Crippen molar-refractivity contribution in [3.05, 3.63) is 40.4 Å². The predicted octanol–water partition coefficient (Wildman–Crippen LogP) is 2.02. The second kappa shape index (κ2) is 6.06. The number of amides is 1. The van der Waals surface area contributed by atoms with Crippen molar-refractivity contribution in [1.82, 2.24) is 0 Å². The van der Waals surface area contributed by atoms with E-state index in [1.165, 1.54) is 7.11 Å². The van der Waals surface area contributed by atoms with E-state index in [2.05, 4.69) is 4.74 Å². The Balaban J connectivity index is 2.85. The topological polar surface area (TPSA) is 69.4 Å². The lowest BCUT2D eigenvalue weighted by Crippen LogP contribution is -2.07. The fourth-order valence-corrected chi connectivity index (χ4v) is 1.49. The van der Waals surface area contributed by atoms with Crippen LogP contribution in [0.4, 0.5) is 0 Å². The van der Waals surface area contributed by atoms with Crippen LogP contribution in [0.3, 0.4) is 0 Å². The van der Waals surface area contributed by atoms with Gasteiger partial charge in [-0.1, -0.05) is 29.8 Å². The molecule has 0 saturated heterocycles. The van der Waals surface area contributed by atoms with E-state index >= 15 is 0 Å². The van der Waals surface area contributed by atoms with Crippen molar-refractivity contribution < 1.29 is 14.3 Å². The number of rotatable bonds is 4. The molecule has 17 heavy (non-hydrogen) atoms. The van der Waals surface area contributed by atoms with E-state index in [-0.39, 0.29) is 6.42 Å². The maximum atomic E-state index is 11.3. The number of hydrogen-bond donors (Lipinski definition) is 1. The Morgan fingerprint density at radius 1 is 1.47 bits per heavy atom. The molecular weight excluding hydrogens is 242 g/mol. The molecule has 0 aliphatic heterocycles. The van der Waals surface area contributed by atoms with Gasteiger partial charge in [-0.2, -0.15) is 0 Å². The van der Waals surface area contributed by atoms with Crippen molar-refractivity contribution in [3.8, 4) is 0 Å². The molecule has 2 N–H and O–H groups in total. The molecule has 1 aromatic carbocycles. The Morgan fingerprint density at radius 2 is 2.18 bits per heavy atom. The number of halogens is 1. The summed E-state index contributed by atoms with van der Waals surface area (Å²) in [5.41, 5.74) is 6.08. The molecule has 90 valence electrons. The zero-order valence-corrected chi connectivity index (χ0v) is 10.0. The van der Waals surface area contributed by atoms with Gasteiger partial charge in [0, 0.05) is 6.42 Å². The van der Waals surface area contributed by atoms with Crippen molar-refractivity contribution in [2.75, 3.05) is 7.11 Å². The minimum atomic E-state index is -0.484. The number of ether oxygens (including phenoxy) is 1. The van der Waals surface area contributed by atoms with Gasteiger partial charge in [-0.15, -0.1) is 0 Å². The summed E-state index contributed by atoms with van der Waals surface area (Å²) in [6, 6.07) is 4.89. The van der Waals surface area contributed by atoms with Crippen molar-refractivity contribution in [2.45, 2.75) is 6.42 Å². The second-order valence-electron chi connectivity index (χ2n) is 3.30. The Kier molecular flexibility index (Phi) is 4.72. The summed E-state index contributed by atoms with van der Waals surface area (Å²) in [6.07, 6.45) is 3.50. The predicted molar refractivity (Wildman–Crippen MR) is 65.6 cm³/mol. The molecule has 0 aliphatic carbocycles. The minimum absolute atomic E-state index is 0.163. The number of primary amides is 1. The molecule has 0 aliphatic rings. The number of hydrogen-bond acceptors (Lipinski definition) is 3. The molecule has 1 aromatic rings. The van der Waals surface area contributed by atoms with Crippen molar-refractivity contribution in [2.24, 2.45) is 5.73 Å². The molecule has 0 radical (unpaired) electrons. The quantitative estimate of drug-likeness (QED) is 0.835. The van der Waals surface area contributed by atoms with Crippen LogP contribution < -0.4 is 5.73 Å². The van der Waals surface area contributed by atoms with E-state index in [1.807, 2.05) is 0 Å². The van der Waals surface area contributed by atoms with Crippen molar-refractivity contribution in [3.63, 3.8) is 0 Å². The number of carbonyl (C=O) groups is 2. The first-order valence-corrected chi connectivity index (χ1v) is 5.25. The van der Waals surface area contributed by atoms with E-state index in [1.54, 1.807) is 30.4 Å². The van der Waals surface area contributed by atoms with Gasteiger partial charge in [-0.25, -0.2) is 4.79 Å². The highest BCUT2D eigenvalue weighted by atomic mass is 35.5. The lowest BCUT2D eigenvalue weighted by atomic mass is 10.1. The number of methoxy groups -OCH3 is 1. The molecule has 1 amide bonds. The van der Waals surface area contributed by atoms with Gasteiger partial charge in [0.25, 0.3) is 0 Å². The van der Waals surface area contributed by atoms with Crippen LogP contribution in [0.2, 0.25) is 5.02 Å². The number of carbonyl (C=O) groups excluding carboxylic acids is 2. The highest BCUT2D eigenvalue weighted by Crippen LogP contribution is 2.19. The van der Waals surface area contributed by atoms with Crippen molar-refractivity contribution >= 4 is 29.6 Å². The number of nitrogens with two attached hydrogens (primary N) is 1. The molecule has 0 bridgehead atoms. The van der Waals surface area contributed by atoms with E-state index in [0.717, 1.165) is 5.56 Å². The first kappa shape index (κ1) is 13.3. The smallest absolute Gasteiger partial charge is 0.339 e. The van der Waals surface area contributed by atoms with E-state index in [9.17, 15) is 9.59 Å². The highest BCUT2D eigenvalue weighted by Gasteiger charge is 2.09. The molecule has 0 fully saturated rings. The van der Waals surface area contributed by atoms with Gasteiger partial charge in [0.1, 0.15) is 0 Å². The Hall–Kier alpha value is -1.81. The zero-order chi connectivity index (χ0) is 12.8. The molecule has 0 heterocycles. The number of benzene rings is 1. The summed E-state index contributed by atoms with van der Waals surface area (Å²) in [5, 5.41) is 0.304. The lowest BCUT2D eigenvalue weighted by Gasteiger charge is -2.02. The third-order valence-corrected chi connectivity index (χ3v) is 2.34. The third-order valence-electron chi connectivity index (χ3n) is 2.03. The van der Waals surface area contributed by atoms with E-state index in [0.29, 0.717) is 10.6 Å². The minimum Gasteiger partial charge on any atom is -0.465 e. The SMILES string of the molecule is COC(=O)c1ccc(C=CCC(N)=O)cc1Cl. The summed E-state index contributed by atoms with van der Waals surface area (Å²) >= 11 is 5.92. The average Bonchev–Trinajstić information content (AvgIpc) is 2.28. The lowest BCUT2D eigenvalue weighted by molar-refractivity contribution is -0.117. The second-order valence-corrected chi connectivity index (χ2v) is 3.71. The summed E-state index contributed by atoms with van der Waals surface area (Å²) < 4.78 is 4.57. The highest BCUT2D eigenvalue weighted by molar-refractivity contribution is 6.33. The standard InChI is InChI=1S/C12H12ClNO3/c1-17-12(16)9-6-5-8(7-10(9)13)3-2-4-11(14)15/h2-3,5-7H,4H2,1H3,(H2,14,15). The van der Waals surface area contributed by atoms with Crippen LogP contribution in [0.1, 0.15) is 22.3 Å². The molecular formula is C12H12ClNO3. The van der Waals surface area contributed by atoms with E-state index < -0.39 is 11.9 Å². The molecule has 0 aromatic heterocycles. The van der Waals surface area contributed by atoms with Crippen LogP contribution in [-0.2, 0) is 9.53 Å². The normalized spacial score (nSPS) is 10.5. The Morgan fingerprint density at radius 3 is 2.71 bits per heavy atom. The molecule has 0 atom stereocenters. The van der Waals surface area contributed by atoms with Gasteiger partial charge in [-0.05, 0) is 17.7 Å². The molecule has 0 saturated carbocycles. The Bertz CT molecular complexity index is 469. The van der Waals surface area contributed by atoms with Crippen LogP contribution in [0, 0.1) is 0 Å². The van der Waals surface area contributed by atoms with Gasteiger partial charge in [0.05, 0.1) is 17.7 Å². The zero-order valence-electron chi connectivity index (χ0n) is 9.27. The van der Waals surface area contributed by atoms with Crippen LogP contribution in [-0.4, -0.2) is 19.0 Å². The largest absolute Gasteiger partial charge is 0.465 e. The molecule has 0 unspecified atom stereocenters. The van der Waals surface area contributed by atoms with Gasteiger partial charge in [0.15, 0.2) is 0 Å². The van der Waals surface area contributed by atoms with E-state index in [4.69, 9.17) is 17.3 Å². The molecule has 1 rings (SSSR count). The van der Waals surface area contributed by atoms with Gasteiger partial charge in [0.2, 0.25) is 5.91 Å². The maximum absolute atomic E-state index is 11.3. The summed E-state index contributed by atoms with van der Waals surface area (Å²) in [5.74, 6) is -0.888. The summed E-state index contributed by atoms with van der Waals surface area (Å²) in [7, 11) is 1.29. The average molecular weight is 254 g/mol. The Labute approximate surface area is 104 Å². The van der Waals surface area contributed by atoms with Gasteiger partial charge >= 0.3 is 5.97 Å². The van der Waals surface area contributed by atoms with Gasteiger partial charge < -0.3 is 10.5 Å². The number of esters is 1. The molecule has 0 spiro atoms. The fourth-order valence-electron chi connectivity index (χ4n) is 1.22.